The van der Waals surface area contributed by atoms with E-state index in [0.29, 0.717) is 60.3 Å². The van der Waals surface area contributed by atoms with E-state index in [4.69, 9.17) is 24.9 Å². The van der Waals surface area contributed by atoms with E-state index in [9.17, 15) is 4.79 Å². The molecule has 2 unspecified atom stereocenters. The van der Waals surface area contributed by atoms with Gasteiger partial charge in [-0.1, -0.05) is 26.0 Å². The summed E-state index contributed by atoms with van der Waals surface area (Å²) >= 11 is 0. The summed E-state index contributed by atoms with van der Waals surface area (Å²) in [5.74, 6) is 3.34. The van der Waals surface area contributed by atoms with Crippen molar-refractivity contribution in [1.82, 2.24) is 14.9 Å². The largest absolute Gasteiger partial charge is 0.497 e. The zero-order valence-corrected chi connectivity index (χ0v) is 21.4. The SMILES string of the molecule is COc1ccc(C2C(C(=O)N3CCN(c4nc(N)c5cc(OC)c(OC)cc5n4)CC3)C2(C)C)cc1. The summed E-state index contributed by atoms with van der Waals surface area (Å²) in [6.07, 6.45) is 0. The molecule has 2 heterocycles. The Labute approximate surface area is 211 Å². The Morgan fingerprint density at radius 3 is 2.19 bits per heavy atom. The molecule has 2 fully saturated rings. The molecule has 1 saturated carbocycles. The predicted molar refractivity (Wildman–Crippen MR) is 139 cm³/mol. The van der Waals surface area contributed by atoms with Gasteiger partial charge in [0.05, 0.1) is 32.8 Å². The van der Waals surface area contributed by atoms with Gasteiger partial charge in [0, 0.05) is 43.5 Å². The van der Waals surface area contributed by atoms with Gasteiger partial charge in [-0.2, -0.15) is 4.98 Å². The fraction of sp³-hybridized carbons (Fsp3) is 0.444. The fourth-order valence-corrected chi connectivity index (χ4v) is 5.46. The monoisotopic (exact) mass is 491 g/mol. The van der Waals surface area contributed by atoms with Crippen LogP contribution in [0.2, 0.25) is 0 Å². The maximum absolute atomic E-state index is 13.5. The van der Waals surface area contributed by atoms with Gasteiger partial charge in [-0.15, -0.1) is 0 Å². The molecule has 2 N–H and O–H groups in total. The van der Waals surface area contributed by atoms with Crippen LogP contribution in [0.4, 0.5) is 11.8 Å². The number of rotatable bonds is 6. The number of nitrogen functional groups attached to an aromatic ring is 1. The number of aromatic nitrogens is 2. The van der Waals surface area contributed by atoms with E-state index in [0.717, 1.165) is 5.75 Å². The lowest BCUT2D eigenvalue weighted by molar-refractivity contribution is -0.133. The molecule has 2 atom stereocenters. The van der Waals surface area contributed by atoms with Gasteiger partial charge < -0.3 is 29.7 Å². The summed E-state index contributed by atoms with van der Waals surface area (Å²) in [5, 5.41) is 0.714. The molecule has 36 heavy (non-hydrogen) atoms. The number of hydrogen-bond donors (Lipinski definition) is 1. The van der Waals surface area contributed by atoms with Crippen LogP contribution < -0.4 is 24.8 Å². The summed E-state index contributed by atoms with van der Waals surface area (Å²) in [4.78, 5) is 26.8. The number of hydrogen-bond acceptors (Lipinski definition) is 8. The molecule has 1 amide bonds. The number of carbonyl (C=O) groups excluding carboxylic acids is 1. The van der Waals surface area contributed by atoms with Crippen LogP contribution in [-0.4, -0.2) is 68.3 Å². The molecule has 0 radical (unpaired) electrons. The van der Waals surface area contributed by atoms with E-state index >= 15 is 0 Å². The van der Waals surface area contributed by atoms with Crippen LogP contribution in [-0.2, 0) is 4.79 Å². The van der Waals surface area contributed by atoms with Gasteiger partial charge in [0.15, 0.2) is 11.5 Å². The maximum Gasteiger partial charge on any atom is 0.228 e. The van der Waals surface area contributed by atoms with Crippen molar-refractivity contribution in [2.75, 3.05) is 58.1 Å². The van der Waals surface area contributed by atoms with Gasteiger partial charge in [0.25, 0.3) is 0 Å². The van der Waals surface area contributed by atoms with Crippen molar-refractivity contribution in [3.05, 3.63) is 42.0 Å². The standard InChI is InChI=1S/C27H33N5O4/c1-27(2)22(16-6-8-17(34-3)9-7-16)23(27)25(33)31-10-12-32(13-11-31)26-29-19-15-21(36-5)20(35-4)14-18(19)24(28)30-26/h6-9,14-15,22-23H,10-13H2,1-5H3,(H2,28,29,30). The van der Waals surface area contributed by atoms with Crippen molar-refractivity contribution in [1.29, 1.82) is 0 Å². The number of fused-ring (bicyclic) bond motifs is 1. The molecule has 1 saturated heterocycles. The normalized spacial score (nSPS) is 20.8. The van der Waals surface area contributed by atoms with Crippen molar-refractivity contribution in [3.8, 4) is 17.2 Å². The molecular weight excluding hydrogens is 458 g/mol. The highest BCUT2D eigenvalue weighted by Gasteiger charge is 2.63. The summed E-state index contributed by atoms with van der Waals surface area (Å²) < 4.78 is 16.1. The van der Waals surface area contributed by atoms with Gasteiger partial charge >= 0.3 is 0 Å². The minimum Gasteiger partial charge on any atom is -0.497 e. The number of nitrogens with zero attached hydrogens (tertiary/aromatic N) is 4. The van der Waals surface area contributed by atoms with Gasteiger partial charge in [-0.25, -0.2) is 4.98 Å². The first-order valence-corrected chi connectivity index (χ1v) is 12.2. The van der Waals surface area contributed by atoms with Crippen LogP contribution >= 0.6 is 0 Å². The zero-order valence-electron chi connectivity index (χ0n) is 21.4. The molecule has 0 spiro atoms. The number of methoxy groups -OCH3 is 3. The topological polar surface area (TPSA) is 103 Å². The predicted octanol–water partition coefficient (Wildman–Crippen LogP) is 3.33. The Morgan fingerprint density at radius 2 is 1.58 bits per heavy atom. The van der Waals surface area contributed by atoms with E-state index in [1.807, 2.05) is 23.1 Å². The summed E-state index contributed by atoms with van der Waals surface area (Å²) in [7, 11) is 4.83. The first-order chi connectivity index (χ1) is 17.3. The van der Waals surface area contributed by atoms with Crippen LogP contribution in [0.5, 0.6) is 17.2 Å². The van der Waals surface area contributed by atoms with Crippen molar-refractivity contribution in [2.45, 2.75) is 19.8 Å². The Morgan fingerprint density at radius 1 is 0.944 bits per heavy atom. The zero-order chi connectivity index (χ0) is 25.6. The average Bonchev–Trinajstić information content (AvgIpc) is 3.48. The quantitative estimate of drug-likeness (QED) is 0.560. The van der Waals surface area contributed by atoms with E-state index in [1.165, 1.54) is 5.56 Å². The second-order valence-electron chi connectivity index (χ2n) is 10.00. The number of carbonyl (C=O) groups is 1. The van der Waals surface area contributed by atoms with Gasteiger partial charge in [0.2, 0.25) is 11.9 Å². The second kappa shape index (κ2) is 9.04. The number of piperazine rings is 1. The maximum atomic E-state index is 13.5. The molecule has 9 nitrogen and oxygen atoms in total. The fourth-order valence-electron chi connectivity index (χ4n) is 5.46. The van der Waals surface area contributed by atoms with E-state index in [2.05, 4.69) is 35.9 Å². The van der Waals surface area contributed by atoms with Crippen LogP contribution in [0.3, 0.4) is 0 Å². The minimum atomic E-state index is -0.0706. The van der Waals surface area contributed by atoms with Crippen LogP contribution in [0.15, 0.2) is 36.4 Å². The number of amides is 1. The average molecular weight is 492 g/mol. The summed E-state index contributed by atoms with van der Waals surface area (Å²) in [6.45, 7) is 6.88. The lowest BCUT2D eigenvalue weighted by atomic mass is 10.0. The molecule has 2 aliphatic rings. The molecule has 9 heteroatoms. The molecule has 3 aromatic rings. The highest BCUT2D eigenvalue weighted by Crippen LogP contribution is 2.65. The van der Waals surface area contributed by atoms with E-state index < -0.39 is 0 Å². The molecule has 190 valence electrons. The smallest absolute Gasteiger partial charge is 0.228 e. The second-order valence-corrected chi connectivity index (χ2v) is 10.00. The number of ether oxygens (including phenoxy) is 3. The highest BCUT2D eigenvalue weighted by atomic mass is 16.5. The van der Waals surface area contributed by atoms with Crippen molar-refractivity contribution in [3.63, 3.8) is 0 Å². The number of anilines is 2. The Kier molecular flexibility index (Phi) is 6.02. The molecule has 5 rings (SSSR count). The van der Waals surface area contributed by atoms with Gasteiger partial charge in [-0.3, -0.25) is 4.79 Å². The molecular formula is C27H33N5O4. The van der Waals surface area contributed by atoms with Crippen LogP contribution in [0.1, 0.15) is 25.3 Å². The lowest BCUT2D eigenvalue weighted by Gasteiger charge is -2.35. The Hall–Kier alpha value is -3.75. The third kappa shape index (κ3) is 4.02. The Bertz CT molecular complexity index is 1290. The number of nitrogens with two attached hydrogens (primary N) is 1. The van der Waals surface area contributed by atoms with E-state index in [-0.39, 0.29) is 23.2 Å². The van der Waals surface area contributed by atoms with Crippen molar-refractivity contribution in [2.24, 2.45) is 11.3 Å². The minimum absolute atomic E-state index is 0.0209. The summed E-state index contributed by atoms with van der Waals surface area (Å²) in [5.41, 5.74) is 8.08. The third-order valence-corrected chi connectivity index (χ3v) is 7.66. The molecule has 0 bridgehead atoms. The van der Waals surface area contributed by atoms with Gasteiger partial charge in [0.1, 0.15) is 11.6 Å². The van der Waals surface area contributed by atoms with E-state index in [1.54, 1.807) is 27.4 Å². The lowest BCUT2D eigenvalue weighted by Crippen LogP contribution is -2.50. The van der Waals surface area contributed by atoms with Crippen LogP contribution in [0.25, 0.3) is 10.9 Å². The number of benzene rings is 2. The molecule has 1 aromatic heterocycles. The highest BCUT2D eigenvalue weighted by molar-refractivity contribution is 5.92. The summed E-state index contributed by atoms with van der Waals surface area (Å²) in [6, 6.07) is 11.7. The van der Waals surface area contributed by atoms with Crippen molar-refractivity contribution < 1.29 is 19.0 Å². The Balaban J connectivity index is 1.28. The first-order valence-electron chi connectivity index (χ1n) is 12.2. The first kappa shape index (κ1) is 24.0. The molecule has 1 aliphatic heterocycles. The van der Waals surface area contributed by atoms with Crippen molar-refractivity contribution >= 4 is 28.6 Å². The van der Waals surface area contributed by atoms with Crippen LogP contribution in [0, 0.1) is 11.3 Å². The molecule has 1 aliphatic carbocycles. The molecule has 2 aromatic carbocycles. The third-order valence-electron chi connectivity index (χ3n) is 7.66. The van der Waals surface area contributed by atoms with Gasteiger partial charge in [-0.05, 0) is 29.2 Å².